The van der Waals surface area contributed by atoms with E-state index in [1.165, 1.54) is 56.7 Å². The molecule has 1 aliphatic heterocycles. The molecule has 0 unspecified atom stereocenters. The van der Waals surface area contributed by atoms with E-state index in [1.54, 1.807) is 11.3 Å². The first-order chi connectivity index (χ1) is 9.31. The molecular weight excluding hydrogens is 276 g/mol. The van der Waals surface area contributed by atoms with Crippen LogP contribution in [0.3, 0.4) is 0 Å². The van der Waals surface area contributed by atoms with Crippen LogP contribution in [0.15, 0.2) is 5.38 Å². The molecule has 0 amide bonds. The zero-order chi connectivity index (χ0) is 13.5. The molecule has 1 fully saturated rings. The lowest BCUT2D eigenvalue weighted by Crippen LogP contribution is -2.34. The predicted octanol–water partition coefficient (Wildman–Crippen LogP) is 4.33. The van der Waals surface area contributed by atoms with Crippen LogP contribution < -0.4 is 0 Å². The van der Waals surface area contributed by atoms with Gasteiger partial charge in [-0.15, -0.1) is 22.9 Å². The van der Waals surface area contributed by atoms with Gasteiger partial charge in [0.05, 0.1) is 16.6 Å². The van der Waals surface area contributed by atoms with E-state index in [0.29, 0.717) is 5.88 Å². The van der Waals surface area contributed by atoms with Crippen LogP contribution >= 0.6 is 22.9 Å². The van der Waals surface area contributed by atoms with Crippen LogP contribution in [0.5, 0.6) is 0 Å². The fraction of sp³-hybridized carbons (Fsp3) is 0.800. The molecule has 0 aromatic carbocycles. The first kappa shape index (κ1) is 15.3. The molecule has 1 aromatic heterocycles. The zero-order valence-electron chi connectivity index (χ0n) is 11.9. The summed E-state index contributed by atoms with van der Waals surface area (Å²) in [7, 11) is 0. The highest BCUT2D eigenvalue weighted by Crippen LogP contribution is 2.20. The molecule has 0 saturated carbocycles. The smallest absolute Gasteiger partial charge is 0.0928 e. The summed E-state index contributed by atoms with van der Waals surface area (Å²) in [6, 6.07) is 0. The normalized spacial score (nSPS) is 18.0. The maximum atomic E-state index is 5.76. The number of nitrogens with zero attached hydrogens (tertiary/aromatic N) is 2. The minimum Gasteiger partial charge on any atom is -0.303 e. The van der Waals surface area contributed by atoms with Crippen molar-refractivity contribution in [1.29, 1.82) is 0 Å². The summed E-state index contributed by atoms with van der Waals surface area (Å²) in [5.74, 6) is 1.53. The van der Waals surface area contributed by atoms with Gasteiger partial charge < -0.3 is 4.90 Å². The first-order valence-corrected chi connectivity index (χ1v) is 8.94. The summed E-state index contributed by atoms with van der Waals surface area (Å²) in [5.41, 5.74) is 1.03. The average molecular weight is 301 g/mol. The van der Waals surface area contributed by atoms with E-state index in [1.807, 2.05) is 0 Å². The van der Waals surface area contributed by atoms with Gasteiger partial charge in [-0.05, 0) is 57.7 Å². The van der Waals surface area contributed by atoms with Crippen LogP contribution in [0, 0.1) is 5.92 Å². The Kier molecular flexibility index (Phi) is 6.62. The molecule has 1 saturated heterocycles. The first-order valence-electron chi connectivity index (χ1n) is 7.53. The number of piperidine rings is 1. The summed E-state index contributed by atoms with van der Waals surface area (Å²) < 4.78 is 0. The van der Waals surface area contributed by atoms with E-state index in [4.69, 9.17) is 11.6 Å². The van der Waals surface area contributed by atoms with Gasteiger partial charge in [-0.1, -0.05) is 13.3 Å². The summed E-state index contributed by atoms with van der Waals surface area (Å²) in [6.07, 6.45) is 7.84. The molecule has 2 heterocycles. The molecular formula is C15H25ClN2S. The van der Waals surface area contributed by atoms with Crippen LogP contribution in [-0.2, 0) is 12.3 Å². The van der Waals surface area contributed by atoms with Gasteiger partial charge in [-0.25, -0.2) is 4.98 Å². The SMILES string of the molecule is CCC1CCN(CCCCc2nc(CCl)cs2)CC1. The number of alkyl halides is 1. The fourth-order valence-electron chi connectivity index (χ4n) is 2.76. The number of unbranched alkanes of at least 4 members (excludes halogenated alkanes) is 1. The molecule has 0 spiro atoms. The van der Waals surface area contributed by atoms with E-state index in [9.17, 15) is 0 Å². The Morgan fingerprint density at radius 3 is 2.79 bits per heavy atom. The molecule has 2 rings (SSSR count). The van der Waals surface area contributed by atoms with Crippen molar-refractivity contribution in [2.75, 3.05) is 19.6 Å². The van der Waals surface area contributed by atoms with Crippen molar-refractivity contribution >= 4 is 22.9 Å². The third kappa shape index (κ3) is 5.05. The van der Waals surface area contributed by atoms with Gasteiger partial charge in [-0.2, -0.15) is 0 Å². The van der Waals surface area contributed by atoms with Crippen LogP contribution in [0.25, 0.3) is 0 Å². The van der Waals surface area contributed by atoms with E-state index in [0.717, 1.165) is 18.0 Å². The third-order valence-electron chi connectivity index (χ3n) is 4.14. The van der Waals surface area contributed by atoms with Crippen molar-refractivity contribution < 1.29 is 0 Å². The molecule has 0 atom stereocenters. The molecule has 0 radical (unpaired) electrons. The van der Waals surface area contributed by atoms with Crippen molar-refractivity contribution in [3.05, 3.63) is 16.1 Å². The average Bonchev–Trinajstić information content (AvgIpc) is 2.92. The number of likely N-dealkylation sites (tertiary alicyclic amines) is 1. The second-order valence-electron chi connectivity index (χ2n) is 5.52. The number of aryl methyl sites for hydroxylation is 1. The topological polar surface area (TPSA) is 16.1 Å². The van der Waals surface area contributed by atoms with Crippen molar-refractivity contribution in [2.24, 2.45) is 5.92 Å². The van der Waals surface area contributed by atoms with E-state index >= 15 is 0 Å². The van der Waals surface area contributed by atoms with Crippen molar-refractivity contribution in [1.82, 2.24) is 9.88 Å². The lowest BCUT2D eigenvalue weighted by atomic mass is 9.94. The summed E-state index contributed by atoms with van der Waals surface area (Å²) in [5, 5.41) is 3.33. The van der Waals surface area contributed by atoms with Gasteiger partial charge in [0.2, 0.25) is 0 Å². The van der Waals surface area contributed by atoms with Crippen LogP contribution in [0.2, 0.25) is 0 Å². The zero-order valence-corrected chi connectivity index (χ0v) is 13.5. The van der Waals surface area contributed by atoms with Gasteiger partial charge in [0.15, 0.2) is 0 Å². The molecule has 108 valence electrons. The Morgan fingerprint density at radius 1 is 1.37 bits per heavy atom. The second-order valence-corrected chi connectivity index (χ2v) is 6.73. The number of hydrogen-bond donors (Lipinski definition) is 0. The summed E-state index contributed by atoms with van der Waals surface area (Å²) in [6.45, 7) is 6.21. The lowest BCUT2D eigenvalue weighted by Gasteiger charge is -2.31. The molecule has 0 bridgehead atoms. The van der Waals surface area contributed by atoms with Crippen molar-refractivity contribution in [3.8, 4) is 0 Å². The number of aromatic nitrogens is 1. The second kappa shape index (κ2) is 8.23. The molecule has 1 aliphatic rings. The van der Waals surface area contributed by atoms with Crippen molar-refractivity contribution in [2.45, 2.75) is 51.3 Å². The van der Waals surface area contributed by atoms with Gasteiger partial charge in [0, 0.05) is 5.38 Å². The van der Waals surface area contributed by atoms with Gasteiger partial charge in [-0.3, -0.25) is 0 Å². The third-order valence-corrected chi connectivity index (χ3v) is 5.37. The van der Waals surface area contributed by atoms with Crippen LogP contribution in [-0.4, -0.2) is 29.5 Å². The Hall–Kier alpha value is -0.120. The fourth-order valence-corrected chi connectivity index (χ4v) is 3.82. The predicted molar refractivity (Wildman–Crippen MR) is 84.1 cm³/mol. The molecule has 19 heavy (non-hydrogen) atoms. The number of rotatable bonds is 7. The standard InChI is InChI=1S/C15H25ClN2S/c1-2-13-6-9-18(10-7-13)8-4-3-5-15-17-14(11-16)12-19-15/h12-13H,2-11H2,1H3. The maximum absolute atomic E-state index is 5.76. The summed E-state index contributed by atoms with van der Waals surface area (Å²) >= 11 is 7.52. The summed E-state index contributed by atoms with van der Waals surface area (Å²) in [4.78, 5) is 7.14. The highest BCUT2D eigenvalue weighted by atomic mass is 35.5. The van der Waals surface area contributed by atoms with Crippen LogP contribution in [0.1, 0.15) is 49.7 Å². The quantitative estimate of drug-likeness (QED) is 0.550. The number of hydrogen-bond acceptors (Lipinski definition) is 3. The number of thiazole rings is 1. The Balaban J connectivity index is 1.57. The Bertz CT molecular complexity index is 359. The highest BCUT2D eigenvalue weighted by molar-refractivity contribution is 7.09. The highest BCUT2D eigenvalue weighted by Gasteiger charge is 2.16. The largest absolute Gasteiger partial charge is 0.303 e. The minimum absolute atomic E-state index is 0.545. The van der Waals surface area contributed by atoms with Gasteiger partial charge >= 0.3 is 0 Å². The lowest BCUT2D eigenvalue weighted by molar-refractivity contribution is 0.179. The minimum atomic E-state index is 0.545. The molecule has 1 aromatic rings. The molecule has 2 nitrogen and oxygen atoms in total. The van der Waals surface area contributed by atoms with E-state index < -0.39 is 0 Å². The van der Waals surface area contributed by atoms with E-state index in [2.05, 4.69) is 22.2 Å². The van der Waals surface area contributed by atoms with Gasteiger partial charge in [0.1, 0.15) is 0 Å². The van der Waals surface area contributed by atoms with E-state index in [-0.39, 0.29) is 0 Å². The molecule has 0 aliphatic carbocycles. The Morgan fingerprint density at radius 2 is 2.16 bits per heavy atom. The molecule has 0 N–H and O–H groups in total. The number of halogens is 1. The monoisotopic (exact) mass is 300 g/mol. The van der Waals surface area contributed by atoms with Crippen LogP contribution in [0.4, 0.5) is 0 Å². The maximum Gasteiger partial charge on any atom is 0.0928 e. The molecule has 4 heteroatoms. The van der Waals surface area contributed by atoms with Crippen molar-refractivity contribution in [3.63, 3.8) is 0 Å². The Labute approximate surface area is 126 Å². The van der Waals surface area contributed by atoms with Gasteiger partial charge in [0.25, 0.3) is 0 Å².